The molecule has 3 aromatic rings. The number of aliphatic hydroxyl groups excluding tert-OH is 1. The number of ether oxygens (including phenoxy) is 1. The van der Waals surface area contributed by atoms with Crippen molar-refractivity contribution in [2.24, 2.45) is 0 Å². The van der Waals surface area contributed by atoms with Crippen LogP contribution >= 0.6 is 11.6 Å². The molecule has 1 saturated heterocycles. The van der Waals surface area contributed by atoms with E-state index >= 15 is 0 Å². The van der Waals surface area contributed by atoms with Gasteiger partial charge in [0.1, 0.15) is 11.5 Å². The third-order valence-electron chi connectivity index (χ3n) is 5.07. The van der Waals surface area contributed by atoms with Crippen LogP contribution in [0.15, 0.2) is 78.6 Å². The van der Waals surface area contributed by atoms with Crippen LogP contribution in [-0.4, -0.2) is 27.9 Å². The molecule has 2 heterocycles. The second-order valence-corrected chi connectivity index (χ2v) is 8.05. The first-order valence-corrected chi connectivity index (χ1v) is 10.5. The molecule has 0 aliphatic carbocycles. The summed E-state index contributed by atoms with van der Waals surface area (Å²) >= 11 is 6.00. The summed E-state index contributed by atoms with van der Waals surface area (Å²) in [5.74, 6) is -1.10. The minimum atomic E-state index is -0.814. The molecule has 1 fully saturated rings. The lowest BCUT2D eigenvalue weighted by molar-refractivity contribution is -0.132. The molecular weight excluding hydrogens is 428 g/mol. The van der Waals surface area contributed by atoms with Gasteiger partial charge in [-0.3, -0.25) is 19.5 Å². The number of nitrogens with zero attached hydrogens (tertiary/aromatic N) is 2. The van der Waals surface area contributed by atoms with E-state index < -0.39 is 17.7 Å². The molecule has 1 atom stereocenters. The summed E-state index contributed by atoms with van der Waals surface area (Å²) in [5, 5.41) is 11.6. The predicted octanol–water partition coefficient (Wildman–Crippen LogP) is 5.15. The van der Waals surface area contributed by atoms with E-state index in [0.29, 0.717) is 27.6 Å². The molecule has 0 spiro atoms. The van der Waals surface area contributed by atoms with Gasteiger partial charge >= 0.3 is 0 Å². The normalized spacial score (nSPS) is 17.8. The van der Waals surface area contributed by atoms with Crippen molar-refractivity contribution in [3.8, 4) is 5.75 Å². The minimum Gasteiger partial charge on any atom is -0.507 e. The van der Waals surface area contributed by atoms with Crippen LogP contribution in [0, 0.1) is 0 Å². The first-order chi connectivity index (χ1) is 15.4. The number of hydrogen-bond donors (Lipinski definition) is 1. The van der Waals surface area contributed by atoms with E-state index in [9.17, 15) is 14.7 Å². The van der Waals surface area contributed by atoms with Gasteiger partial charge < -0.3 is 9.84 Å². The van der Waals surface area contributed by atoms with Crippen LogP contribution in [0.4, 0.5) is 5.69 Å². The third-order valence-corrected chi connectivity index (χ3v) is 5.32. The Balaban J connectivity index is 1.84. The van der Waals surface area contributed by atoms with Crippen molar-refractivity contribution in [3.63, 3.8) is 0 Å². The summed E-state index contributed by atoms with van der Waals surface area (Å²) in [6.45, 7) is 3.83. The molecule has 32 heavy (non-hydrogen) atoms. The number of amides is 1. The van der Waals surface area contributed by atoms with Crippen LogP contribution in [0.1, 0.15) is 31.0 Å². The number of carbonyl (C=O) groups excluding carboxylic acids is 2. The van der Waals surface area contributed by atoms with Crippen molar-refractivity contribution in [2.45, 2.75) is 26.0 Å². The maximum Gasteiger partial charge on any atom is 0.300 e. The lowest BCUT2D eigenvalue weighted by Gasteiger charge is -2.25. The lowest BCUT2D eigenvalue weighted by Crippen LogP contribution is -2.29. The average molecular weight is 449 g/mol. The molecule has 1 aliphatic rings. The van der Waals surface area contributed by atoms with E-state index in [1.54, 1.807) is 73.1 Å². The molecule has 6 nitrogen and oxygen atoms in total. The maximum atomic E-state index is 13.1. The molecule has 0 bridgehead atoms. The Hall–Kier alpha value is -3.64. The van der Waals surface area contributed by atoms with Crippen molar-refractivity contribution >= 4 is 34.7 Å². The maximum absolute atomic E-state index is 13.1. The highest BCUT2D eigenvalue weighted by atomic mass is 35.5. The number of aromatic nitrogens is 1. The van der Waals surface area contributed by atoms with Gasteiger partial charge in [0.25, 0.3) is 11.7 Å². The summed E-state index contributed by atoms with van der Waals surface area (Å²) in [4.78, 5) is 31.5. The molecule has 0 radical (unpaired) electrons. The van der Waals surface area contributed by atoms with E-state index in [4.69, 9.17) is 16.3 Å². The molecule has 1 aromatic heterocycles. The van der Waals surface area contributed by atoms with Crippen LogP contribution in [0.5, 0.6) is 5.75 Å². The number of pyridine rings is 1. The van der Waals surface area contributed by atoms with Crippen LogP contribution in [-0.2, 0) is 9.59 Å². The van der Waals surface area contributed by atoms with Crippen LogP contribution in [0.25, 0.3) is 5.76 Å². The van der Waals surface area contributed by atoms with Crippen molar-refractivity contribution in [1.82, 2.24) is 4.98 Å². The van der Waals surface area contributed by atoms with Gasteiger partial charge in [0.2, 0.25) is 0 Å². The first kappa shape index (κ1) is 21.6. The molecule has 7 heteroatoms. The monoisotopic (exact) mass is 448 g/mol. The Kier molecular flexibility index (Phi) is 5.97. The van der Waals surface area contributed by atoms with Gasteiger partial charge in [-0.25, -0.2) is 0 Å². The quantitative estimate of drug-likeness (QED) is 0.332. The Labute approximate surface area is 190 Å². The van der Waals surface area contributed by atoms with Gasteiger partial charge in [0.15, 0.2) is 0 Å². The second-order valence-electron chi connectivity index (χ2n) is 7.62. The molecule has 1 N–H and O–H groups in total. The van der Waals surface area contributed by atoms with Gasteiger partial charge in [-0.15, -0.1) is 0 Å². The highest BCUT2D eigenvalue weighted by Gasteiger charge is 2.46. The largest absolute Gasteiger partial charge is 0.507 e. The number of halogens is 1. The van der Waals surface area contributed by atoms with Crippen LogP contribution in [0.2, 0.25) is 5.02 Å². The Morgan fingerprint density at radius 3 is 2.22 bits per heavy atom. The third kappa shape index (κ3) is 4.09. The van der Waals surface area contributed by atoms with Crippen molar-refractivity contribution in [3.05, 3.63) is 94.8 Å². The van der Waals surface area contributed by atoms with Crippen LogP contribution < -0.4 is 9.64 Å². The number of benzene rings is 2. The number of hydrogen-bond acceptors (Lipinski definition) is 5. The Bertz CT molecular complexity index is 1170. The molecule has 2 aromatic carbocycles. The Morgan fingerprint density at radius 2 is 1.62 bits per heavy atom. The van der Waals surface area contributed by atoms with Crippen molar-refractivity contribution in [2.75, 3.05) is 4.90 Å². The smallest absolute Gasteiger partial charge is 0.300 e. The number of ketones is 1. The summed E-state index contributed by atoms with van der Waals surface area (Å²) in [7, 11) is 0. The predicted molar refractivity (Wildman–Crippen MR) is 123 cm³/mol. The standard InChI is InChI=1S/C25H21ClN2O4/c1-15(2)32-20-9-3-17(4-10-20)23(29)21-22(16-11-13-27-14-12-16)28(25(31)24(21)30)19-7-5-18(26)6-8-19/h3-15,22,29H,1-2H3/b23-21-. The molecule has 1 unspecified atom stereocenters. The van der Waals surface area contributed by atoms with E-state index in [2.05, 4.69) is 4.98 Å². The van der Waals surface area contributed by atoms with E-state index in [1.807, 2.05) is 13.8 Å². The number of anilines is 1. The van der Waals surface area contributed by atoms with Crippen molar-refractivity contribution < 1.29 is 19.4 Å². The fraction of sp³-hybridized carbons (Fsp3) is 0.160. The summed E-state index contributed by atoms with van der Waals surface area (Å²) in [6.07, 6.45) is 3.16. The van der Waals surface area contributed by atoms with Gasteiger partial charge in [-0.1, -0.05) is 11.6 Å². The van der Waals surface area contributed by atoms with Gasteiger partial charge in [0.05, 0.1) is 17.7 Å². The Morgan fingerprint density at radius 1 is 1.00 bits per heavy atom. The topological polar surface area (TPSA) is 79.7 Å². The molecule has 4 rings (SSSR count). The summed E-state index contributed by atoms with van der Waals surface area (Å²) in [6, 6.07) is 16.0. The van der Waals surface area contributed by atoms with E-state index in [0.717, 1.165) is 0 Å². The fourth-order valence-corrected chi connectivity index (χ4v) is 3.81. The lowest BCUT2D eigenvalue weighted by atomic mass is 9.95. The van der Waals surface area contributed by atoms with Gasteiger partial charge in [-0.05, 0) is 80.1 Å². The number of Topliss-reactive ketones (excluding diaryl/α,β-unsaturated/α-hetero) is 1. The zero-order valence-electron chi connectivity index (χ0n) is 17.5. The van der Waals surface area contributed by atoms with Crippen LogP contribution in [0.3, 0.4) is 0 Å². The molecule has 0 saturated carbocycles. The SMILES string of the molecule is CC(C)Oc1ccc(/C(O)=C2/C(=O)C(=O)N(c3ccc(Cl)cc3)C2c2ccncc2)cc1. The van der Waals surface area contributed by atoms with Gasteiger partial charge in [0, 0.05) is 28.7 Å². The first-order valence-electron chi connectivity index (χ1n) is 10.1. The summed E-state index contributed by atoms with van der Waals surface area (Å²) < 4.78 is 5.64. The highest BCUT2D eigenvalue weighted by Crippen LogP contribution is 2.42. The second kappa shape index (κ2) is 8.85. The molecule has 1 amide bonds. The van der Waals surface area contributed by atoms with E-state index in [1.165, 1.54) is 4.90 Å². The average Bonchev–Trinajstić information content (AvgIpc) is 3.05. The zero-order chi connectivity index (χ0) is 22.8. The number of rotatable bonds is 5. The minimum absolute atomic E-state index is 0.00541. The van der Waals surface area contributed by atoms with Crippen molar-refractivity contribution in [1.29, 1.82) is 0 Å². The van der Waals surface area contributed by atoms with Gasteiger partial charge in [-0.2, -0.15) is 0 Å². The molecule has 1 aliphatic heterocycles. The summed E-state index contributed by atoms with van der Waals surface area (Å²) in [5.41, 5.74) is 1.57. The van der Waals surface area contributed by atoms with E-state index in [-0.39, 0.29) is 17.4 Å². The molecular formula is C25H21ClN2O4. The molecule has 162 valence electrons. The number of carbonyl (C=O) groups is 2. The zero-order valence-corrected chi connectivity index (χ0v) is 18.3. The highest BCUT2D eigenvalue weighted by molar-refractivity contribution is 6.51. The fourth-order valence-electron chi connectivity index (χ4n) is 3.68. The number of aliphatic hydroxyl groups is 1.